The molecule has 4 atom stereocenters. The minimum Gasteiger partial charge on any atom is -0.465 e. The number of aromatic nitrogens is 1. The highest BCUT2D eigenvalue weighted by Gasteiger charge is 2.69. The molecular weight excluding hydrogens is 372 g/mol. The van der Waals surface area contributed by atoms with Gasteiger partial charge in [0.15, 0.2) is 0 Å². The van der Waals surface area contributed by atoms with Gasteiger partial charge >= 0.3 is 5.97 Å². The first-order chi connectivity index (χ1) is 14.7. The number of benzene rings is 2. The molecule has 0 aliphatic carbocycles. The number of aryl methyl sites for hydroxylation is 1. The summed E-state index contributed by atoms with van der Waals surface area (Å²) in [5, 5.41) is 1.31. The zero-order chi connectivity index (χ0) is 20.5. The van der Waals surface area contributed by atoms with Crippen molar-refractivity contribution in [2.75, 3.05) is 13.2 Å². The van der Waals surface area contributed by atoms with Gasteiger partial charge in [-0.3, -0.25) is 9.69 Å². The number of ether oxygens (including phenoxy) is 1. The second-order valence-corrected chi connectivity index (χ2v) is 9.11. The van der Waals surface area contributed by atoms with Gasteiger partial charge in [0.2, 0.25) is 0 Å². The van der Waals surface area contributed by atoms with Crippen molar-refractivity contribution in [3.05, 3.63) is 71.4 Å². The van der Waals surface area contributed by atoms with Gasteiger partial charge in [-0.25, -0.2) is 0 Å². The fraction of sp³-hybridized carbons (Fsp3) is 0.423. The van der Waals surface area contributed by atoms with Crippen LogP contribution in [-0.2, 0) is 16.1 Å². The predicted molar refractivity (Wildman–Crippen MR) is 117 cm³/mol. The number of rotatable bonds is 3. The van der Waals surface area contributed by atoms with Crippen LogP contribution in [0.25, 0.3) is 10.9 Å². The Labute approximate surface area is 177 Å². The zero-order valence-electron chi connectivity index (χ0n) is 17.7. The van der Waals surface area contributed by atoms with Gasteiger partial charge in [0.1, 0.15) is 5.41 Å². The Kier molecular flexibility index (Phi) is 3.91. The minimum absolute atomic E-state index is 0.0227. The molecule has 2 fully saturated rings. The second kappa shape index (κ2) is 6.45. The lowest BCUT2D eigenvalue weighted by atomic mass is 9.68. The van der Waals surface area contributed by atoms with Crippen molar-refractivity contribution in [3.63, 3.8) is 0 Å². The van der Waals surface area contributed by atoms with E-state index in [1.54, 1.807) is 0 Å². The fourth-order valence-corrected chi connectivity index (χ4v) is 6.92. The Morgan fingerprint density at radius 1 is 1.13 bits per heavy atom. The largest absolute Gasteiger partial charge is 0.465 e. The van der Waals surface area contributed by atoms with Gasteiger partial charge in [-0.2, -0.15) is 0 Å². The monoisotopic (exact) mass is 400 g/mol. The molecule has 0 saturated carbocycles. The van der Waals surface area contributed by atoms with Crippen LogP contribution in [0.1, 0.15) is 48.5 Å². The maximum Gasteiger partial charge on any atom is 0.316 e. The molecule has 2 unspecified atom stereocenters. The Balaban J connectivity index is 1.63. The fourth-order valence-electron chi connectivity index (χ4n) is 6.92. The summed E-state index contributed by atoms with van der Waals surface area (Å²) in [6.07, 6.45) is 2.35. The highest BCUT2D eigenvalue weighted by Crippen LogP contribution is 2.66. The molecule has 0 spiro atoms. The summed E-state index contributed by atoms with van der Waals surface area (Å²) in [7, 11) is 0. The van der Waals surface area contributed by atoms with Gasteiger partial charge in [-0.05, 0) is 50.4 Å². The molecule has 0 radical (unpaired) electrons. The van der Waals surface area contributed by atoms with E-state index in [0.717, 1.165) is 13.0 Å². The summed E-state index contributed by atoms with van der Waals surface area (Å²) in [6, 6.07) is 19.8. The van der Waals surface area contributed by atoms with Gasteiger partial charge in [0.05, 0.1) is 12.6 Å². The van der Waals surface area contributed by atoms with Crippen LogP contribution in [0.4, 0.5) is 0 Å². The highest BCUT2D eigenvalue weighted by molar-refractivity contribution is 5.89. The lowest BCUT2D eigenvalue weighted by molar-refractivity contribution is -0.158. The first kappa shape index (κ1) is 18.2. The van der Waals surface area contributed by atoms with Crippen molar-refractivity contribution in [1.82, 2.24) is 9.47 Å². The van der Waals surface area contributed by atoms with Gasteiger partial charge in [-0.1, -0.05) is 48.5 Å². The smallest absolute Gasteiger partial charge is 0.316 e. The van der Waals surface area contributed by atoms with Crippen LogP contribution in [0.3, 0.4) is 0 Å². The number of carbonyl (C=O) groups excluding carboxylic acids is 1. The first-order valence-corrected chi connectivity index (χ1v) is 11.2. The molecule has 1 aromatic heterocycles. The number of hydrogen-bond donors (Lipinski definition) is 0. The maximum absolute atomic E-state index is 13.8. The van der Waals surface area contributed by atoms with Crippen molar-refractivity contribution in [2.45, 2.75) is 51.2 Å². The molecule has 4 heteroatoms. The molecule has 6 rings (SSSR count). The van der Waals surface area contributed by atoms with Crippen LogP contribution in [-0.4, -0.2) is 34.6 Å². The average Bonchev–Trinajstić information content (AvgIpc) is 3.48. The minimum atomic E-state index is -0.563. The topological polar surface area (TPSA) is 34.5 Å². The summed E-state index contributed by atoms with van der Waals surface area (Å²) in [5.41, 5.74) is 4.60. The van der Waals surface area contributed by atoms with Crippen molar-refractivity contribution < 1.29 is 9.53 Å². The van der Waals surface area contributed by atoms with Gasteiger partial charge < -0.3 is 9.30 Å². The van der Waals surface area contributed by atoms with E-state index < -0.39 is 5.41 Å². The molecule has 0 N–H and O–H groups in total. The van der Waals surface area contributed by atoms with Gasteiger partial charge in [0.25, 0.3) is 0 Å². The molecule has 3 aliphatic heterocycles. The third-order valence-electron chi connectivity index (χ3n) is 7.87. The third-order valence-corrected chi connectivity index (χ3v) is 7.87. The van der Waals surface area contributed by atoms with E-state index in [0.29, 0.717) is 19.2 Å². The standard InChI is InChI=1S/C26H28N2O2/c1-3-30-25(29)26-16-28-20-13-8-7-12-19(20)17(2)23(28)24(26)27-15-9-14-21(27)22(26)18-10-5-4-6-11-18/h4-8,10-13,21-22,24H,3,9,14-16H2,1-2H3/t21?,22-,24-,26?/m0/s1. The van der Waals surface area contributed by atoms with Crippen LogP contribution in [0.2, 0.25) is 0 Å². The van der Waals surface area contributed by atoms with Crippen molar-refractivity contribution in [3.8, 4) is 0 Å². The molecule has 4 nitrogen and oxygen atoms in total. The van der Waals surface area contributed by atoms with E-state index in [-0.39, 0.29) is 17.9 Å². The molecule has 154 valence electrons. The number of para-hydroxylation sites is 1. The van der Waals surface area contributed by atoms with Crippen molar-refractivity contribution >= 4 is 16.9 Å². The van der Waals surface area contributed by atoms with Crippen LogP contribution in [0.15, 0.2) is 54.6 Å². The Bertz CT molecular complexity index is 1130. The molecule has 30 heavy (non-hydrogen) atoms. The molecule has 2 aromatic carbocycles. The normalized spacial score (nSPS) is 29.7. The maximum atomic E-state index is 13.8. The van der Waals surface area contributed by atoms with Crippen LogP contribution >= 0.6 is 0 Å². The number of esters is 1. The zero-order valence-corrected chi connectivity index (χ0v) is 17.7. The predicted octanol–water partition coefficient (Wildman–Crippen LogP) is 4.82. The summed E-state index contributed by atoms with van der Waals surface area (Å²) < 4.78 is 8.25. The van der Waals surface area contributed by atoms with Crippen LogP contribution in [0, 0.1) is 12.3 Å². The lowest BCUT2D eigenvalue weighted by Gasteiger charge is -2.34. The van der Waals surface area contributed by atoms with Gasteiger partial charge in [-0.15, -0.1) is 0 Å². The van der Waals surface area contributed by atoms with E-state index in [1.165, 1.54) is 34.1 Å². The van der Waals surface area contributed by atoms with Gasteiger partial charge in [0, 0.05) is 35.1 Å². The molecule has 4 heterocycles. The third kappa shape index (κ3) is 2.12. The Morgan fingerprint density at radius 3 is 2.70 bits per heavy atom. The first-order valence-electron chi connectivity index (χ1n) is 11.2. The SMILES string of the molecule is CCOC(=O)C12Cn3c(c(C)c4ccccc43)[C@@H]1N1CCCC1[C@@H]2c1ccccc1. The molecule has 0 amide bonds. The summed E-state index contributed by atoms with van der Waals surface area (Å²) >= 11 is 0. The highest BCUT2D eigenvalue weighted by atomic mass is 16.5. The number of fused-ring (bicyclic) bond motifs is 7. The molecule has 0 bridgehead atoms. The molecule has 2 saturated heterocycles. The summed E-state index contributed by atoms with van der Waals surface area (Å²) in [5.74, 6) is 0.133. The number of hydrogen-bond acceptors (Lipinski definition) is 3. The van der Waals surface area contributed by atoms with E-state index in [2.05, 4.69) is 71.0 Å². The van der Waals surface area contributed by atoms with Crippen molar-refractivity contribution in [1.29, 1.82) is 0 Å². The quantitative estimate of drug-likeness (QED) is 0.592. The molecule has 3 aromatic rings. The Morgan fingerprint density at radius 2 is 1.90 bits per heavy atom. The number of carbonyl (C=O) groups is 1. The second-order valence-electron chi connectivity index (χ2n) is 9.11. The molecular formula is C26H28N2O2. The van der Waals surface area contributed by atoms with Crippen molar-refractivity contribution in [2.24, 2.45) is 5.41 Å². The van der Waals surface area contributed by atoms with E-state index in [9.17, 15) is 4.79 Å². The summed E-state index contributed by atoms with van der Waals surface area (Å²) in [4.78, 5) is 16.5. The van der Waals surface area contributed by atoms with Crippen LogP contribution in [0.5, 0.6) is 0 Å². The van der Waals surface area contributed by atoms with E-state index in [1.807, 2.05) is 6.92 Å². The summed E-state index contributed by atoms with van der Waals surface area (Å²) in [6.45, 7) is 6.34. The lowest BCUT2D eigenvalue weighted by Crippen LogP contribution is -2.41. The Hall–Kier alpha value is -2.59. The average molecular weight is 401 g/mol. The van der Waals surface area contributed by atoms with E-state index in [4.69, 9.17) is 4.74 Å². The van der Waals surface area contributed by atoms with Crippen LogP contribution < -0.4 is 0 Å². The number of nitrogens with zero attached hydrogens (tertiary/aromatic N) is 2. The van der Waals surface area contributed by atoms with E-state index >= 15 is 0 Å². The molecule has 3 aliphatic rings.